The number of rotatable bonds is 4. The van der Waals surface area contributed by atoms with Gasteiger partial charge in [0.05, 0.1) is 21.8 Å². The summed E-state index contributed by atoms with van der Waals surface area (Å²) in [4.78, 5) is 16.2. The van der Waals surface area contributed by atoms with Gasteiger partial charge in [-0.3, -0.25) is 4.79 Å². The quantitative estimate of drug-likeness (QED) is 0.714. The fourth-order valence-electron chi connectivity index (χ4n) is 2.39. The van der Waals surface area contributed by atoms with Crippen LogP contribution in [0.15, 0.2) is 60.0 Å². The van der Waals surface area contributed by atoms with Gasteiger partial charge in [-0.2, -0.15) is 18.3 Å². The molecule has 0 unspecified atom stereocenters. The average molecular weight is 410 g/mol. The van der Waals surface area contributed by atoms with Crippen LogP contribution in [-0.4, -0.2) is 35.3 Å². The zero-order chi connectivity index (χ0) is 20.5. The third-order valence-electron chi connectivity index (χ3n) is 3.78. The molecule has 0 aliphatic rings. The highest BCUT2D eigenvalue weighted by atomic mass is 32.2. The molecule has 0 spiro atoms. The topological polar surface area (TPSA) is 94.0 Å². The summed E-state index contributed by atoms with van der Waals surface area (Å²) in [6, 6.07) is 7.86. The summed E-state index contributed by atoms with van der Waals surface area (Å²) in [5.74, 6) is -0.708. The number of amides is 1. The number of halogens is 3. The van der Waals surface area contributed by atoms with Crippen LogP contribution in [0.2, 0.25) is 0 Å². The van der Waals surface area contributed by atoms with E-state index in [1.807, 2.05) is 0 Å². The third kappa shape index (κ3) is 4.19. The van der Waals surface area contributed by atoms with E-state index in [1.54, 1.807) is 0 Å². The summed E-state index contributed by atoms with van der Waals surface area (Å²) in [5.41, 5.74) is -0.808. The highest BCUT2D eigenvalue weighted by Gasteiger charge is 2.31. The van der Waals surface area contributed by atoms with Crippen molar-refractivity contribution in [3.8, 4) is 5.69 Å². The first-order valence-corrected chi connectivity index (χ1v) is 9.62. The van der Waals surface area contributed by atoms with Gasteiger partial charge in [-0.05, 0) is 42.5 Å². The monoisotopic (exact) mass is 410 g/mol. The minimum Gasteiger partial charge on any atom is -0.320 e. The zero-order valence-electron chi connectivity index (χ0n) is 14.3. The molecule has 0 atom stereocenters. The highest BCUT2D eigenvalue weighted by Crippen LogP contribution is 2.33. The molecule has 0 saturated heterocycles. The van der Waals surface area contributed by atoms with Crippen molar-refractivity contribution in [2.45, 2.75) is 11.1 Å². The van der Waals surface area contributed by atoms with Crippen LogP contribution in [0.5, 0.6) is 0 Å². The Morgan fingerprint density at radius 3 is 2.32 bits per heavy atom. The molecule has 1 aromatic heterocycles. The number of hydrogen-bond donors (Lipinski definition) is 1. The third-order valence-corrected chi connectivity index (χ3v) is 4.91. The molecule has 3 rings (SSSR count). The molecule has 146 valence electrons. The Labute approximate surface area is 157 Å². The first-order valence-electron chi connectivity index (χ1n) is 7.73. The predicted molar refractivity (Wildman–Crippen MR) is 93.9 cm³/mol. The van der Waals surface area contributed by atoms with Gasteiger partial charge < -0.3 is 5.32 Å². The highest BCUT2D eigenvalue weighted by molar-refractivity contribution is 7.90. The van der Waals surface area contributed by atoms with Crippen molar-refractivity contribution in [1.29, 1.82) is 0 Å². The smallest absolute Gasteiger partial charge is 0.320 e. The number of alkyl halides is 3. The number of nitrogens with zero attached hydrogens (tertiary/aromatic N) is 3. The van der Waals surface area contributed by atoms with Crippen LogP contribution in [-0.2, 0) is 16.0 Å². The van der Waals surface area contributed by atoms with Crippen molar-refractivity contribution in [2.24, 2.45) is 0 Å². The Morgan fingerprint density at radius 1 is 1.11 bits per heavy atom. The van der Waals surface area contributed by atoms with E-state index in [1.165, 1.54) is 47.7 Å². The average Bonchev–Trinajstić information content (AvgIpc) is 3.14. The maximum atomic E-state index is 13.1. The number of benzene rings is 2. The lowest BCUT2D eigenvalue weighted by atomic mass is 10.1. The van der Waals surface area contributed by atoms with Crippen molar-refractivity contribution in [3.05, 3.63) is 66.2 Å². The van der Waals surface area contributed by atoms with Crippen molar-refractivity contribution in [3.63, 3.8) is 0 Å². The molecule has 0 bridgehead atoms. The van der Waals surface area contributed by atoms with Gasteiger partial charge in [0.15, 0.2) is 9.84 Å². The molecule has 0 aliphatic carbocycles. The summed E-state index contributed by atoms with van der Waals surface area (Å²) < 4.78 is 63.4. The second-order valence-electron chi connectivity index (χ2n) is 5.82. The fourth-order valence-corrected chi connectivity index (χ4v) is 3.02. The maximum Gasteiger partial charge on any atom is 0.416 e. The number of nitrogens with one attached hydrogen (secondary N) is 1. The Morgan fingerprint density at radius 2 is 1.79 bits per heavy atom. The van der Waals surface area contributed by atoms with Crippen LogP contribution in [0.3, 0.4) is 0 Å². The Balaban J connectivity index is 1.96. The molecule has 3 aromatic rings. The van der Waals surface area contributed by atoms with E-state index in [4.69, 9.17) is 0 Å². The lowest BCUT2D eigenvalue weighted by Crippen LogP contribution is -2.16. The first-order chi connectivity index (χ1) is 13.1. The SMILES string of the molecule is CS(=O)(=O)c1ccc(C(=O)Nc2cc(C(F)(F)F)ccc2-n2cncn2)cc1. The number of anilines is 1. The maximum absolute atomic E-state index is 13.1. The van der Waals surface area contributed by atoms with E-state index in [9.17, 15) is 26.4 Å². The second-order valence-corrected chi connectivity index (χ2v) is 7.84. The molecule has 2 aromatic carbocycles. The minimum atomic E-state index is -4.60. The van der Waals surface area contributed by atoms with Crippen molar-refractivity contribution < 1.29 is 26.4 Å². The van der Waals surface area contributed by atoms with Crippen LogP contribution >= 0.6 is 0 Å². The molecule has 28 heavy (non-hydrogen) atoms. The van der Waals surface area contributed by atoms with Gasteiger partial charge >= 0.3 is 6.18 Å². The standard InChI is InChI=1S/C17H13F3N4O3S/c1-28(26,27)13-5-2-11(3-6-13)16(25)23-14-8-12(17(18,19)20)4-7-15(14)24-10-21-9-22-24/h2-10H,1H3,(H,23,25). The fraction of sp³-hybridized carbons (Fsp3) is 0.118. The van der Waals surface area contributed by atoms with Crippen LogP contribution in [0.25, 0.3) is 5.69 Å². The van der Waals surface area contributed by atoms with Gasteiger partial charge in [0.2, 0.25) is 0 Å². The van der Waals surface area contributed by atoms with Gasteiger partial charge in [-0.25, -0.2) is 18.1 Å². The lowest BCUT2D eigenvalue weighted by molar-refractivity contribution is -0.137. The van der Waals surface area contributed by atoms with E-state index >= 15 is 0 Å². The number of carbonyl (C=O) groups excluding carboxylic acids is 1. The number of hydrogen-bond acceptors (Lipinski definition) is 5. The number of aromatic nitrogens is 3. The van der Waals surface area contributed by atoms with Gasteiger partial charge in [-0.15, -0.1) is 0 Å². The summed E-state index contributed by atoms with van der Waals surface area (Å²) in [6.45, 7) is 0. The van der Waals surface area contributed by atoms with Crippen LogP contribution in [0, 0.1) is 0 Å². The molecule has 1 heterocycles. The minimum absolute atomic E-state index is 0.0198. The normalized spacial score (nSPS) is 12.0. The van der Waals surface area contributed by atoms with Gasteiger partial charge in [0, 0.05) is 11.8 Å². The van der Waals surface area contributed by atoms with Gasteiger partial charge in [0.25, 0.3) is 5.91 Å². The lowest BCUT2D eigenvalue weighted by Gasteiger charge is -2.14. The number of sulfone groups is 1. The zero-order valence-corrected chi connectivity index (χ0v) is 15.1. The van der Waals surface area contributed by atoms with Gasteiger partial charge in [0.1, 0.15) is 12.7 Å². The molecular formula is C17H13F3N4O3S. The molecule has 7 nitrogen and oxygen atoms in total. The summed E-state index contributed by atoms with van der Waals surface area (Å²) in [5, 5.41) is 6.27. The Hall–Kier alpha value is -3.21. The Bertz CT molecular complexity index is 1110. The number of carbonyl (C=O) groups is 1. The van der Waals surface area contributed by atoms with Crippen molar-refractivity contribution >= 4 is 21.4 Å². The van der Waals surface area contributed by atoms with E-state index in [0.29, 0.717) is 0 Å². The van der Waals surface area contributed by atoms with Crippen molar-refractivity contribution in [2.75, 3.05) is 11.6 Å². The molecule has 0 saturated carbocycles. The molecule has 0 fully saturated rings. The first kappa shape index (κ1) is 19.5. The predicted octanol–water partition coefficient (Wildman–Crippen LogP) is 2.94. The molecule has 0 aliphatic heterocycles. The Kier molecular flexibility index (Phi) is 4.94. The molecule has 11 heteroatoms. The van der Waals surface area contributed by atoms with Crippen LogP contribution in [0.1, 0.15) is 15.9 Å². The molecular weight excluding hydrogens is 397 g/mol. The van der Waals surface area contributed by atoms with E-state index in [-0.39, 0.29) is 21.8 Å². The molecule has 1 amide bonds. The van der Waals surface area contributed by atoms with E-state index in [0.717, 1.165) is 18.4 Å². The van der Waals surface area contributed by atoms with Crippen molar-refractivity contribution in [1.82, 2.24) is 14.8 Å². The molecule has 0 radical (unpaired) electrons. The summed E-state index contributed by atoms with van der Waals surface area (Å²) in [7, 11) is -3.44. The summed E-state index contributed by atoms with van der Waals surface area (Å²) in [6.07, 6.45) is -1.10. The van der Waals surface area contributed by atoms with Crippen LogP contribution < -0.4 is 5.32 Å². The van der Waals surface area contributed by atoms with E-state index < -0.39 is 27.5 Å². The second kappa shape index (κ2) is 7.08. The molecule has 1 N–H and O–H groups in total. The van der Waals surface area contributed by atoms with Gasteiger partial charge in [-0.1, -0.05) is 0 Å². The summed E-state index contributed by atoms with van der Waals surface area (Å²) >= 11 is 0. The van der Waals surface area contributed by atoms with Crippen LogP contribution in [0.4, 0.5) is 18.9 Å². The van der Waals surface area contributed by atoms with E-state index in [2.05, 4.69) is 15.4 Å². The largest absolute Gasteiger partial charge is 0.416 e.